The number of carbonyl (C=O) groups excluding carboxylic acids is 3. The summed E-state index contributed by atoms with van der Waals surface area (Å²) in [7, 11) is 0. The Morgan fingerprint density at radius 2 is 1.79 bits per heavy atom. The van der Waals surface area contributed by atoms with Crippen LogP contribution in [0.25, 0.3) is 5.82 Å². The van der Waals surface area contributed by atoms with Crippen molar-refractivity contribution in [2.45, 2.75) is 20.3 Å². The van der Waals surface area contributed by atoms with Crippen molar-refractivity contribution >= 4 is 17.8 Å². The lowest BCUT2D eigenvalue weighted by atomic mass is 10.1. The lowest BCUT2D eigenvalue weighted by Crippen LogP contribution is -2.35. The third-order valence-electron chi connectivity index (χ3n) is 4.03. The number of amides is 2. The van der Waals surface area contributed by atoms with Crippen LogP contribution in [0.4, 0.5) is 0 Å². The smallest absolute Gasteiger partial charge is 0.340 e. The Labute approximate surface area is 167 Å². The van der Waals surface area contributed by atoms with Crippen molar-refractivity contribution in [3.63, 3.8) is 0 Å². The van der Waals surface area contributed by atoms with E-state index in [9.17, 15) is 14.4 Å². The number of aromatic nitrogens is 3. The molecule has 8 nitrogen and oxygen atoms in total. The van der Waals surface area contributed by atoms with Crippen molar-refractivity contribution < 1.29 is 19.1 Å². The highest BCUT2D eigenvalue weighted by molar-refractivity contribution is 5.98. The number of nitrogens with zero attached hydrogens (tertiary/aromatic N) is 3. The molecule has 3 rings (SSSR count). The Kier molecular flexibility index (Phi) is 6.13. The van der Waals surface area contributed by atoms with Crippen molar-refractivity contribution in [1.29, 1.82) is 0 Å². The lowest BCUT2D eigenvalue weighted by Gasteiger charge is -2.07. The van der Waals surface area contributed by atoms with Gasteiger partial charge in [0.15, 0.2) is 12.4 Å². The van der Waals surface area contributed by atoms with Crippen LogP contribution in [0.5, 0.6) is 0 Å². The Morgan fingerprint density at radius 1 is 1.03 bits per heavy atom. The maximum Gasteiger partial charge on any atom is 0.340 e. The highest BCUT2D eigenvalue weighted by Crippen LogP contribution is 2.11. The summed E-state index contributed by atoms with van der Waals surface area (Å²) in [5, 5.41) is 6.52. The van der Waals surface area contributed by atoms with Gasteiger partial charge in [-0.15, -0.1) is 0 Å². The third-order valence-corrected chi connectivity index (χ3v) is 4.03. The lowest BCUT2D eigenvalue weighted by molar-refractivity contribution is -0.132. The molecular weight excluding hydrogens is 372 g/mol. The molecule has 0 bridgehead atoms. The van der Waals surface area contributed by atoms with E-state index in [1.54, 1.807) is 41.1 Å². The van der Waals surface area contributed by atoms with E-state index < -0.39 is 24.4 Å². The van der Waals surface area contributed by atoms with Crippen LogP contribution in [0.15, 0.2) is 54.7 Å². The van der Waals surface area contributed by atoms with Crippen molar-refractivity contribution in [3.8, 4) is 5.82 Å². The highest BCUT2D eigenvalue weighted by Gasteiger charge is 2.14. The van der Waals surface area contributed by atoms with E-state index in [0.29, 0.717) is 5.82 Å². The van der Waals surface area contributed by atoms with Gasteiger partial charge in [0.2, 0.25) is 5.91 Å². The first-order chi connectivity index (χ1) is 13.9. The molecule has 29 heavy (non-hydrogen) atoms. The van der Waals surface area contributed by atoms with E-state index in [4.69, 9.17) is 4.74 Å². The zero-order valence-corrected chi connectivity index (χ0v) is 16.1. The molecule has 0 unspecified atom stereocenters. The first kappa shape index (κ1) is 19.9. The van der Waals surface area contributed by atoms with Gasteiger partial charge in [0.25, 0.3) is 5.91 Å². The van der Waals surface area contributed by atoms with Crippen molar-refractivity contribution in [1.82, 2.24) is 20.1 Å². The van der Waals surface area contributed by atoms with E-state index in [1.807, 2.05) is 26.0 Å². The van der Waals surface area contributed by atoms with Gasteiger partial charge in [0.1, 0.15) is 0 Å². The number of carbonyl (C=O) groups is 3. The number of imide groups is 1. The summed E-state index contributed by atoms with van der Waals surface area (Å²) in [6.07, 6.45) is 1.42. The molecule has 1 aromatic carbocycles. The molecule has 1 N–H and O–H groups in total. The van der Waals surface area contributed by atoms with Crippen molar-refractivity contribution in [3.05, 3.63) is 77.2 Å². The summed E-state index contributed by atoms with van der Waals surface area (Å²) in [4.78, 5) is 40.0. The fourth-order valence-electron chi connectivity index (χ4n) is 2.72. The van der Waals surface area contributed by atoms with Crippen LogP contribution in [-0.2, 0) is 20.7 Å². The summed E-state index contributed by atoms with van der Waals surface area (Å²) < 4.78 is 6.61. The fourth-order valence-corrected chi connectivity index (χ4v) is 2.72. The van der Waals surface area contributed by atoms with Gasteiger partial charge in [-0.3, -0.25) is 14.9 Å². The molecule has 0 saturated carbocycles. The Bertz CT molecular complexity index is 1030. The number of hydrogen-bond acceptors (Lipinski definition) is 6. The first-order valence-electron chi connectivity index (χ1n) is 8.96. The van der Waals surface area contributed by atoms with Crippen molar-refractivity contribution in [2.24, 2.45) is 0 Å². The Hall–Kier alpha value is -3.81. The quantitative estimate of drug-likeness (QED) is 0.643. The molecule has 0 aliphatic carbocycles. The van der Waals surface area contributed by atoms with E-state index in [0.717, 1.165) is 17.0 Å². The molecule has 0 saturated heterocycles. The monoisotopic (exact) mass is 392 g/mol. The van der Waals surface area contributed by atoms with Gasteiger partial charge in [0, 0.05) is 11.9 Å². The second-order valence-corrected chi connectivity index (χ2v) is 6.45. The molecule has 0 radical (unpaired) electrons. The zero-order valence-electron chi connectivity index (χ0n) is 16.1. The largest absolute Gasteiger partial charge is 0.452 e. The predicted octanol–water partition coefficient (Wildman–Crippen LogP) is 1.93. The molecule has 0 aliphatic rings. The standard InChI is InChI=1S/C21H20N4O4/c1-14-10-15(2)25(24-14)18-9-8-17(12-22-18)21(28)29-13-20(27)23-19(26)11-16-6-4-3-5-7-16/h3-10,12H,11,13H2,1-2H3,(H,23,26,27). The van der Waals surface area contributed by atoms with Crippen LogP contribution in [0, 0.1) is 13.8 Å². The summed E-state index contributed by atoms with van der Waals surface area (Å²) in [5.74, 6) is -1.29. The number of hydrogen-bond donors (Lipinski definition) is 1. The summed E-state index contributed by atoms with van der Waals surface area (Å²) in [5.41, 5.74) is 2.75. The number of esters is 1. The summed E-state index contributed by atoms with van der Waals surface area (Å²) >= 11 is 0. The molecule has 2 aromatic heterocycles. The second kappa shape index (κ2) is 8.92. The number of pyridine rings is 1. The van der Waals surface area contributed by atoms with E-state index >= 15 is 0 Å². The van der Waals surface area contributed by atoms with Gasteiger partial charge in [0.05, 0.1) is 17.7 Å². The third kappa shape index (κ3) is 5.35. The minimum Gasteiger partial charge on any atom is -0.452 e. The predicted molar refractivity (Wildman–Crippen MR) is 104 cm³/mol. The molecule has 2 heterocycles. The number of aryl methyl sites for hydroxylation is 2. The Balaban J connectivity index is 1.50. The van der Waals surface area contributed by atoms with Crippen molar-refractivity contribution in [2.75, 3.05) is 6.61 Å². The topological polar surface area (TPSA) is 103 Å². The minimum absolute atomic E-state index is 0.0677. The summed E-state index contributed by atoms with van der Waals surface area (Å²) in [6, 6.07) is 14.1. The second-order valence-electron chi connectivity index (χ2n) is 6.45. The average Bonchev–Trinajstić information content (AvgIpc) is 3.05. The van der Waals surface area contributed by atoms with E-state index in [1.165, 1.54) is 6.20 Å². The van der Waals surface area contributed by atoms with E-state index in [-0.39, 0.29) is 12.0 Å². The maximum absolute atomic E-state index is 12.1. The van der Waals surface area contributed by atoms with Gasteiger partial charge in [-0.25, -0.2) is 14.5 Å². The summed E-state index contributed by atoms with van der Waals surface area (Å²) in [6.45, 7) is 3.23. The molecule has 148 valence electrons. The van der Waals surface area contributed by atoms with Gasteiger partial charge in [-0.2, -0.15) is 5.10 Å². The molecule has 0 atom stereocenters. The zero-order chi connectivity index (χ0) is 20.8. The number of rotatable bonds is 6. The molecule has 3 aromatic rings. The molecule has 0 fully saturated rings. The maximum atomic E-state index is 12.1. The van der Waals surface area contributed by atoms with Gasteiger partial charge < -0.3 is 4.74 Å². The fraction of sp³-hybridized carbons (Fsp3) is 0.190. The van der Waals surface area contributed by atoms with Crippen LogP contribution in [0.1, 0.15) is 27.3 Å². The molecular formula is C21H20N4O4. The first-order valence-corrected chi connectivity index (χ1v) is 8.96. The van der Waals surface area contributed by atoms with Crippen LogP contribution in [-0.4, -0.2) is 39.2 Å². The van der Waals surface area contributed by atoms with Gasteiger partial charge in [-0.05, 0) is 37.6 Å². The Morgan fingerprint density at radius 3 is 2.41 bits per heavy atom. The van der Waals surface area contributed by atoms with Crippen LogP contribution >= 0.6 is 0 Å². The molecule has 8 heteroatoms. The van der Waals surface area contributed by atoms with Crippen LogP contribution in [0.3, 0.4) is 0 Å². The van der Waals surface area contributed by atoms with Gasteiger partial charge in [-0.1, -0.05) is 30.3 Å². The molecule has 2 amide bonds. The van der Waals surface area contributed by atoms with Crippen LogP contribution < -0.4 is 5.32 Å². The molecule has 0 aliphatic heterocycles. The SMILES string of the molecule is Cc1cc(C)n(-c2ccc(C(=O)OCC(=O)NC(=O)Cc3ccccc3)cn2)n1. The van der Waals surface area contributed by atoms with Gasteiger partial charge >= 0.3 is 5.97 Å². The highest BCUT2D eigenvalue weighted by atomic mass is 16.5. The minimum atomic E-state index is -0.705. The number of ether oxygens (including phenoxy) is 1. The normalized spacial score (nSPS) is 10.4. The average molecular weight is 392 g/mol. The number of benzene rings is 1. The van der Waals surface area contributed by atoms with E-state index in [2.05, 4.69) is 15.4 Å². The number of nitrogens with one attached hydrogen (secondary N) is 1. The van der Waals surface area contributed by atoms with Crippen LogP contribution in [0.2, 0.25) is 0 Å². The molecule has 0 spiro atoms.